The summed E-state index contributed by atoms with van der Waals surface area (Å²) in [5.41, 5.74) is 0. The molecule has 0 aliphatic heterocycles. The molecule has 0 amide bonds. The molecule has 0 unspecified atom stereocenters. The van der Waals surface area contributed by atoms with E-state index in [-0.39, 0.29) is 0 Å². The zero-order valence-electron chi connectivity index (χ0n) is 6.51. The van der Waals surface area contributed by atoms with E-state index >= 15 is 0 Å². The summed E-state index contributed by atoms with van der Waals surface area (Å²) in [5.74, 6) is 0.839. The fourth-order valence-electron chi connectivity index (χ4n) is 1.06. The van der Waals surface area contributed by atoms with Gasteiger partial charge in [-0.1, -0.05) is 6.92 Å². The van der Waals surface area contributed by atoms with E-state index in [9.17, 15) is 0 Å². The lowest BCUT2D eigenvalue weighted by molar-refractivity contribution is 0.374. The van der Waals surface area contributed by atoms with E-state index in [4.69, 9.17) is 5.26 Å². The van der Waals surface area contributed by atoms with E-state index in [0.29, 0.717) is 0 Å². The molecule has 0 atom stereocenters. The highest BCUT2D eigenvalue weighted by Crippen LogP contribution is 2.29. The normalized spacial score (nSPS) is 16.4. The first-order chi connectivity index (χ1) is 4.86. The first kappa shape index (κ1) is 7.40. The molecule has 1 aliphatic rings. The van der Waals surface area contributed by atoms with Gasteiger partial charge in [-0.2, -0.15) is 5.26 Å². The summed E-state index contributed by atoms with van der Waals surface area (Å²) >= 11 is 0. The summed E-state index contributed by atoms with van der Waals surface area (Å²) in [6.45, 7) is 4.05. The van der Waals surface area contributed by atoms with E-state index in [1.165, 1.54) is 12.8 Å². The Morgan fingerprint density at radius 1 is 1.60 bits per heavy atom. The van der Waals surface area contributed by atoms with Crippen LogP contribution in [0.5, 0.6) is 0 Å². The highest BCUT2D eigenvalue weighted by atomic mass is 15.1. The molecular weight excluding hydrogens is 124 g/mol. The molecule has 1 aliphatic carbocycles. The zero-order valence-corrected chi connectivity index (χ0v) is 6.51. The monoisotopic (exact) mass is 138 g/mol. The van der Waals surface area contributed by atoms with Gasteiger partial charge in [0.05, 0.1) is 0 Å². The van der Waals surface area contributed by atoms with Gasteiger partial charge in [-0.15, -0.1) is 0 Å². The molecule has 0 aromatic heterocycles. The van der Waals surface area contributed by atoms with Crippen molar-refractivity contribution >= 4 is 0 Å². The van der Waals surface area contributed by atoms with Gasteiger partial charge in [-0.3, -0.25) is 0 Å². The van der Waals surface area contributed by atoms with Crippen molar-refractivity contribution < 1.29 is 0 Å². The van der Waals surface area contributed by atoms with Crippen molar-refractivity contribution in [2.24, 2.45) is 5.92 Å². The number of hydrogen-bond donors (Lipinski definition) is 0. The van der Waals surface area contributed by atoms with Gasteiger partial charge in [0.25, 0.3) is 0 Å². The summed E-state index contributed by atoms with van der Waals surface area (Å²) in [5, 5.41) is 8.61. The van der Waals surface area contributed by atoms with Gasteiger partial charge < -0.3 is 4.90 Å². The second kappa shape index (κ2) is 3.46. The first-order valence-corrected chi connectivity index (χ1v) is 4.01. The maximum absolute atomic E-state index is 8.61. The SMILES string of the molecule is CCCN(C#N)CC1CC1. The van der Waals surface area contributed by atoms with Crippen LogP contribution in [0.15, 0.2) is 0 Å². The molecule has 0 heterocycles. The average molecular weight is 138 g/mol. The molecule has 10 heavy (non-hydrogen) atoms. The minimum absolute atomic E-state index is 0.839. The minimum atomic E-state index is 0.839. The fourth-order valence-corrected chi connectivity index (χ4v) is 1.06. The lowest BCUT2D eigenvalue weighted by Gasteiger charge is -2.12. The van der Waals surface area contributed by atoms with Crippen molar-refractivity contribution in [3.63, 3.8) is 0 Å². The van der Waals surface area contributed by atoms with Crippen molar-refractivity contribution in [2.45, 2.75) is 26.2 Å². The molecule has 0 aromatic rings. The van der Waals surface area contributed by atoms with Crippen LogP contribution < -0.4 is 0 Å². The molecule has 0 radical (unpaired) electrons. The van der Waals surface area contributed by atoms with Gasteiger partial charge in [0.15, 0.2) is 6.19 Å². The maximum Gasteiger partial charge on any atom is 0.179 e. The zero-order chi connectivity index (χ0) is 7.40. The largest absolute Gasteiger partial charge is 0.310 e. The molecular formula is C8H14N2. The van der Waals surface area contributed by atoms with Gasteiger partial charge >= 0.3 is 0 Å². The number of hydrogen-bond acceptors (Lipinski definition) is 2. The van der Waals surface area contributed by atoms with Crippen LogP contribution in [0.2, 0.25) is 0 Å². The van der Waals surface area contributed by atoms with Crippen LogP contribution in [-0.2, 0) is 0 Å². The second-order valence-electron chi connectivity index (χ2n) is 2.99. The number of nitrogens with zero attached hydrogens (tertiary/aromatic N) is 2. The number of rotatable bonds is 4. The third-order valence-electron chi connectivity index (χ3n) is 1.81. The quantitative estimate of drug-likeness (QED) is 0.435. The Morgan fingerprint density at radius 2 is 2.30 bits per heavy atom. The minimum Gasteiger partial charge on any atom is -0.310 e. The lowest BCUT2D eigenvalue weighted by Crippen LogP contribution is -2.20. The molecule has 1 fully saturated rings. The highest BCUT2D eigenvalue weighted by molar-refractivity contribution is 4.82. The standard InChI is InChI=1S/C8H14N2/c1-2-5-10(7-9)6-8-3-4-8/h8H,2-6H2,1H3. The van der Waals surface area contributed by atoms with Crippen molar-refractivity contribution in [3.05, 3.63) is 0 Å². The smallest absolute Gasteiger partial charge is 0.179 e. The van der Waals surface area contributed by atoms with Crippen LogP contribution in [0, 0.1) is 17.4 Å². The van der Waals surface area contributed by atoms with Crippen LogP contribution in [0.4, 0.5) is 0 Å². The van der Waals surface area contributed by atoms with E-state index in [1.54, 1.807) is 0 Å². The third-order valence-corrected chi connectivity index (χ3v) is 1.81. The van der Waals surface area contributed by atoms with Crippen LogP contribution in [-0.4, -0.2) is 18.0 Å². The van der Waals surface area contributed by atoms with E-state index in [0.717, 1.165) is 25.4 Å². The Balaban J connectivity index is 2.13. The summed E-state index contributed by atoms with van der Waals surface area (Å²) in [4.78, 5) is 1.87. The molecule has 1 saturated carbocycles. The molecule has 2 heteroatoms. The van der Waals surface area contributed by atoms with Gasteiger partial charge in [-0.25, -0.2) is 0 Å². The lowest BCUT2D eigenvalue weighted by atomic mass is 10.3. The topological polar surface area (TPSA) is 27.0 Å². The first-order valence-electron chi connectivity index (χ1n) is 4.01. The third kappa shape index (κ3) is 2.26. The Morgan fingerprint density at radius 3 is 2.70 bits per heavy atom. The van der Waals surface area contributed by atoms with Gasteiger partial charge in [0, 0.05) is 13.1 Å². The molecule has 0 aromatic carbocycles. The summed E-state index contributed by atoms with van der Waals surface area (Å²) in [7, 11) is 0. The van der Waals surface area contributed by atoms with Crippen LogP contribution >= 0.6 is 0 Å². The molecule has 56 valence electrons. The number of nitriles is 1. The Kier molecular flexibility index (Phi) is 2.56. The summed E-state index contributed by atoms with van der Waals surface area (Å²) in [6, 6.07) is 0. The molecule has 2 nitrogen and oxygen atoms in total. The summed E-state index contributed by atoms with van der Waals surface area (Å²) < 4.78 is 0. The molecule has 0 spiro atoms. The van der Waals surface area contributed by atoms with Gasteiger partial charge in [0.1, 0.15) is 0 Å². The van der Waals surface area contributed by atoms with Crippen LogP contribution in [0.25, 0.3) is 0 Å². The van der Waals surface area contributed by atoms with E-state index in [2.05, 4.69) is 13.1 Å². The molecule has 0 bridgehead atoms. The van der Waals surface area contributed by atoms with Gasteiger partial charge in [0.2, 0.25) is 0 Å². The van der Waals surface area contributed by atoms with Crippen molar-refractivity contribution in [2.75, 3.05) is 13.1 Å². The second-order valence-corrected chi connectivity index (χ2v) is 2.99. The Hall–Kier alpha value is -0.710. The highest BCUT2D eigenvalue weighted by Gasteiger charge is 2.23. The van der Waals surface area contributed by atoms with Crippen LogP contribution in [0.1, 0.15) is 26.2 Å². The summed E-state index contributed by atoms with van der Waals surface area (Å²) in [6.07, 6.45) is 5.96. The Bertz CT molecular complexity index is 133. The maximum atomic E-state index is 8.61. The average Bonchev–Trinajstić information content (AvgIpc) is 2.71. The van der Waals surface area contributed by atoms with E-state index in [1.807, 2.05) is 4.90 Å². The predicted molar refractivity (Wildman–Crippen MR) is 40.2 cm³/mol. The molecule has 0 N–H and O–H groups in total. The molecule has 0 saturated heterocycles. The van der Waals surface area contributed by atoms with Crippen molar-refractivity contribution in [3.8, 4) is 6.19 Å². The fraction of sp³-hybridized carbons (Fsp3) is 0.875. The van der Waals surface area contributed by atoms with E-state index < -0.39 is 0 Å². The van der Waals surface area contributed by atoms with Gasteiger partial charge in [-0.05, 0) is 25.2 Å². The molecule has 1 rings (SSSR count). The Labute approximate surface area is 62.4 Å². The van der Waals surface area contributed by atoms with Crippen molar-refractivity contribution in [1.29, 1.82) is 5.26 Å². The predicted octanol–water partition coefficient (Wildman–Crippen LogP) is 1.59. The van der Waals surface area contributed by atoms with Crippen LogP contribution in [0.3, 0.4) is 0 Å². The van der Waals surface area contributed by atoms with Crippen molar-refractivity contribution in [1.82, 2.24) is 4.90 Å².